The number of carbonyl (C=O) groups excluding carboxylic acids is 1. The smallest absolute Gasteiger partial charge is 0.162 e. The molecule has 3 aromatic rings. The number of aldehydes is 1. The Bertz CT molecular complexity index is 1000. The predicted octanol–water partition coefficient (Wildman–Crippen LogP) is 3.22. The third-order valence-corrected chi connectivity index (χ3v) is 6.26. The third-order valence-electron chi connectivity index (χ3n) is 5.00. The molecule has 1 fully saturated rings. The van der Waals surface area contributed by atoms with Crippen molar-refractivity contribution < 1.29 is 9.53 Å². The molecule has 9 heteroatoms. The van der Waals surface area contributed by atoms with Crippen LogP contribution in [0.1, 0.15) is 6.17 Å². The fourth-order valence-corrected chi connectivity index (χ4v) is 4.23. The maximum Gasteiger partial charge on any atom is 0.162 e. The van der Waals surface area contributed by atoms with Crippen LogP contribution in [0.2, 0.25) is 5.02 Å². The van der Waals surface area contributed by atoms with Crippen molar-refractivity contribution in [3.05, 3.63) is 45.3 Å². The van der Waals surface area contributed by atoms with Gasteiger partial charge in [0.25, 0.3) is 0 Å². The minimum Gasteiger partial charge on any atom is -0.495 e. The zero-order chi connectivity index (χ0) is 19.7. The van der Waals surface area contributed by atoms with Crippen LogP contribution in [0.5, 0.6) is 5.75 Å². The number of fused-ring (bicyclic) bond motifs is 1. The van der Waals surface area contributed by atoms with E-state index in [2.05, 4.69) is 42.5 Å². The van der Waals surface area contributed by atoms with Gasteiger partial charge in [-0.1, -0.05) is 11.6 Å². The van der Waals surface area contributed by atoms with Crippen LogP contribution in [-0.4, -0.2) is 59.2 Å². The van der Waals surface area contributed by atoms with Crippen LogP contribution in [0.4, 0.5) is 5.69 Å². The van der Waals surface area contributed by atoms with Crippen LogP contribution in [0.15, 0.2) is 36.7 Å². The number of methoxy groups -OCH3 is 1. The van der Waals surface area contributed by atoms with Gasteiger partial charge in [0.05, 0.1) is 23.7 Å². The highest BCUT2D eigenvalue weighted by Gasteiger charge is 2.27. The van der Waals surface area contributed by atoms with Crippen molar-refractivity contribution in [3.63, 3.8) is 0 Å². The SMILES string of the molecule is COc1cc(N2CCN(C(C=O)n3ncc4c(I)ccnc43)CC2)ccc1Cl. The summed E-state index contributed by atoms with van der Waals surface area (Å²) in [5.41, 5.74) is 1.79. The Morgan fingerprint density at radius 1 is 1.25 bits per heavy atom. The molecule has 0 bridgehead atoms. The molecular formula is C19H19ClIN5O2. The van der Waals surface area contributed by atoms with Gasteiger partial charge in [-0.05, 0) is 40.8 Å². The van der Waals surface area contributed by atoms with Crippen LogP contribution >= 0.6 is 34.2 Å². The summed E-state index contributed by atoms with van der Waals surface area (Å²) in [4.78, 5) is 20.7. The van der Waals surface area contributed by atoms with Gasteiger partial charge in [0.2, 0.25) is 0 Å². The summed E-state index contributed by atoms with van der Waals surface area (Å²) >= 11 is 8.38. The van der Waals surface area contributed by atoms with E-state index >= 15 is 0 Å². The van der Waals surface area contributed by atoms with Crippen molar-refractivity contribution in [1.29, 1.82) is 0 Å². The molecule has 0 amide bonds. The quantitative estimate of drug-likeness (QED) is 0.387. The van der Waals surface area contributed by atoms with E-state index in [1.54, 1.807) is 24.2 Å². The number of hydrogen-bond donors (Lipinski definition) is 0. The van der Waals surface area contributed by atoms with E-state index in [0.717, 1.165) is 52.8 Å². The molecule has 0 saturated carbocycles. The highest BCUT2D eigenvalue weighted by molar-refractivity contribution is 14.1. The second-order valence-corrected chi connectivity index (χ2v) is 8.08. The van der Waals surface area contributed by atoms with E-state index in [1.165, 1.54) is 0 Å². The van der Waals surface area contributed by atoms with Crippen LogP contribution < -0.4 is 9.64 Å². The van der Waals surface area contributed by atoms with E-state index in [0.29, 0.717) is 10.8 Å². The molecule has 7 nitrogen and oxygen atoms in total. The standard InChI is InChI=1S/C19H19ClIN5O2/c1-28-17-10-13(2-3-15(17)20)24-6-8-25(9-7-24)18(12-27)26-19-14(11-23-26)16(21)4-5-22-19/h2-5,10-12,18H,6-9H2,1H3. The lowest BCUT2D eigenvalue weighted by atomic mass is 10.2. The van der Waals surface area contributed by atoms with Crippen molar-refractivity contribution in [2.75, 3.05) is 38.2 Å². The number of carbonyl (C=O) groups is 1. The summed E-state index contributed by atoms with van der Waals surface area (Å²) in [6.45, 7) is 3.05. The van der Waals surface area contributed by atoms with Gasteiger partial charge in [-0.15, -0.1) is 0 Å². The summed E-state index contributed by atoms with van der Waals surface area (Å²) in [5.74, 6) is 0.663. The summed E-state index contributed by atoms with van der Waals surface area (Å²) < 4.78 is 8.10. The Morgan fingerprint density at radius 2 is 2.04 bits per heavy atom. The molecule has 146 valence electrons. The molecule has 1 unspecified atom stereocenters. The molecule has 0 radical (unpaired) electrons. The lowest BCUT2D eigenvalue weighted by molar-refractivity contribution is -0.115. The minimum atomic E-state index is -0.467. The molecule has 4 rings (SSSR count). The summed E-state index contributed by atoms with van der Waals surface area (Å²) in [7, 11) is 1.61. The van der Waals surface area contributed by atoms with Crippen LogP contribution in [0.3, 0.4) is 0 Å². The predicted molar refractivity (Wildman–Crippen MR) is 117 cm³/mol. The summed E-state index contributed by atoms with van der Waals surface area (Å²) in [6.07, 6.45) is 3.99. The number of aromatic nitrogens is 3. The third kappa shape index (κ3) is 3.56. The lowest BCUT2D eigenvalue weighted by Crippen LogP contribution is -2.49. The van der Waals surface area contributed by atoms with E-state index in [9.17, 15) is 4.79 Å². The summed E-state index contributed by atoms with van der Waals surface area (Å²) in [5, 5.41) is 6.00. The van der Waals surface area contributed by atoms with E-state index in [1.807, 2.05) is 24.3 Å². The fourth-order valence-electron chi connectivity index (χ4n) is 3.50. The van der Waals surface area contributed by atoms with Crippen molar-refractivity contribution >= 4 is 57.2 Å². The number of anilines is 1. The maximum atomic E-state index is 11.9. The maximum absolute atomic E-state index is 11.9. The topological polar surface area (TPSA) is 63.5 Å². The number of pyridine rings is 1. The molecule has 0 aliphatic carbocycles. The first-order chi connectivity index (χ1) is 13.6. The first kappa shape index (κ1) is 19.4. The second-order valence-electron chi connectivity index (χ2n) is 6.51. The van der Waals surface area contributed by atoms with Crippen molar-refractivity contribution in [1.82, 2.24) is 19.7 Å². The van der Waals surface area contributed by atoms with Gasteiger partial charge in [-0.25, -0.2) is 9.67 Å². The Kier molecular flexibility index (Phi) is 5.70. The van der Waals surface area contributed by atoms with Gasteiger partial charge < -0.3 is 9.64 Å². The zero-order valence-electron chi connectivity index (χ0n) is 15.3. The Labute approximate surface area is 181 Å². The molecule has 1 aromatic carbocycles. The normalized spacial score (nSPS) is 16.3. The molecule has 1 aliphatic heterocycles. The number of hydrogen-bond acceptors (Lipinski definition) is 6. The van der Waals surface area contributed by atoms with Gasteiger partial charge in [-0.3, -0.25) is 9.69 Å². The molecule has 1 aliphatic rings. The van der Waals surface area contributed by atoms with Crippen LogP contribution in [0.25, 0.3) is 11.0 Å². The molecular weight excluding hydrogens is 493 g/mol. The first-order valence-corrected chi connectivity index (χ1v) is 10.3. The molecule has 1 saturated heterocycles. The number of ether oxygens (including phenoxy) is 1. The van der Waals surface area contributed by atoms with Crippen LogP contribution in [0, 0.1) is 3.57 Å². The highest BCUT2D eigenvalue weighted by atomic mass is 127. The highest BCUT2D eigenvalue weighted by Crippen LogP contribution is 2.30. The molecule has 0 N–H and O–H groups in total. The summed E-state index contributed by atoms with van der Waals surface area (Å²) in [6, 6.07) is 7.72. The monoisotopic (exact) mass is 511 g/mol. The molecule has 3 heterocycles. The molecule has 2 aromatic heterocycles. The van der Waals surface area contributed by atoms with Gasteiger partial charge in [0.1, 0.15) is 5.75 Å². The van der Waals surface area contributed by atoms with Crippen molar-refractivity contribution in [2.24, 2.45) is 0 Å². The fraction of sp³-hybridized carbons (Fsp3) is 0.316. The number of halogens is 2. The Hall–Kier alpha value is -1.91. The van der Waals surface area contributed by atoms with Crippen molar-refractivity contribution in [2.45, 2.75) is 6.17 Å². The average molecular weight is 512 g/mol. The van der Waals surface area contributed by atoms with E-state index in [4.69, 9.17) is 16.3 Å². The average Bonchev–Trinajstić information content (AvgIpc) is 3.15. The minimum absolute atomic E-state index is 0.467. The lowest BCUT2D eigenvalue weighted by Gasteiger charge is -2.38. The van der Waals surface area contributed by atoms with Gasteiger partial charge in [-0.2, -0.15) is 5.10 Å². The molecule has 28 heavy (non-hydrogen) atoms. The second kappa shape index (κ2) is 8.22. The zero-order valence-corrected chi connectivity index (χ0v) is 18.2. The number of benzene rings is 1. The van der Waals surface area contributed by atoms with Gasteiger partial charge in [0, 0.05) is 47.7 Å². The van der Waals surface area contributed by atoms with Gasteiger partial charge in [0.15, 0.2) is 18.1 Å². The van der Waals surface area contributed by atoms with Crippen molar-refractivity contribution in [3.8, 4) is 5.75 Å². The largest absolute Gasteiger partial charge is 0.495 e. The molecule has 0 spiro atoms. The van der Waals surface area contributed by atoms with Crippen LogP contribution in [-0.2, 0) is 4.79 Å². The first-order valence-electron chi connectivity index (χ1n) is 8.88. The number of nitrogens with zero attached hydrogens (tertiary/aromatic N) is 5. The molecule has 1 atom stereocenters. The van der Waals surface area contributed by atoms with Gasteiger partial charge >= 0.3 is 0 Å². The van der Waals surface area contributed by atoms with E-state index in [-0.39, 0.29) is 0 Å². The Morgan fingerprint density at radius 3 is 2.75 bits per heavy atom. The Balaban J connectivity index is 1.52. The number of rotatable bonds is 5. The number of piperazine rings is 1. The van der Waals surface area contributed by atoms with E-state index < -0.39 is 6.17 Å².